The van der Waals surface area contributed by atoms with Gasteiger partial charge in [0, 0.05) is 16.6 Å². The molecular formula is C18H17N3O2S2. The predicted molar refractivity (Wildman–Crippen MR) is 99.2 cm³/mol. The second-order valence-electron chi connectivity index (χ2n) is 6.11. The van der Waals surface area contributed by atoms with Crippen molar-refractivity contribution in [2.45, 2.75) is 30.6 Å². The summed E-state index contributed by atoms with van der Waals surface area (Å²) < 4.78 is 31.8. The Balaban J connectivity index is 1.57. The maximum absolute atomic E-state index is 12.7. The summed E-state index contributed by atoms with van der Waals surface area (Å²) >= 11 is 1.28. The number of sulfonamides is 1. The Morgan fingerprint density at radius 1 is 0.960 bits per heavy atom. The molecule has 1 N–H and O–H groups in total. The number of nitrogens with one attached hydrogen (secondary N) is 1. The maximum atomic E-state index is 12.7. The SMILES string of the molecule is O=S(=O)(Nc1ccc(-c2csnn2)cc1)c1ccc2c(c1)CCCC2. The number of benzene rings is 2. The maximum Gasteiger partial charge on any atom is 0.261 e. The third-order valence-electron chi connectivity index (χ3n) is 4.42. The first kappa shape index (κ1) is 16.2. The van der Waals surface area contributed by atoms with Gasteiger partial charge < -0.3 is 0 Å². The predicted octanol–water partition coefficient (Wildman–Crippen LogP) is 3.88. The zero-order chi connectivity index (χ0) is 17.3. The molecule has 0 unspecified atom stereocenters. The molecule has 7 heteroatoms. The van der Waals surface area contributed by atoms with Gasteiger partial charge in [-0.2, -0.15) is 0 Å². The molecule has 3 aromatic rings. The molecule has 1 aliphatic carbocycles. The minimum absolute atomic E-state index is 0.320. The van der Waals surface area contributed by atoms with Crippen molar-refractivity contribution in [3.8, 4) is 11.3 Å². The van der Waals surface area contributed by atoms with E-state index in [4.69, 9.17) is 0 Å². The van der Waals surface area contributed by atoms with Gasteiger partial charge in [-0.25, -0.2) is 8.42 Å². The zero-order valence-corrected chi connectivity index (χ0v) is 15.1. The van der Waals surface area contributed by atoms with E-state index in [1.54, 1.807) is 18.2 Å². The van der Waals surface area contributed by atoms with Crippen LogP contribution in [0.2, 0.25) is 0 Å². The van der Waals surface area contributed by atoms with Crippen LogP contribution in [0.5, 0.6) is 0 Å². The van der Waals surface area contributed by atoms with Crippen LogP contribution in [0, 0.1) is 0 Å². The Morgan fingerprint density at radius 3 is 2.44 bits per heavy atom. The van der Waals surface area contributed by atoms with E-state index in [1.807, 2.05) is 29.6 Å². The van der Waals surface area contributed by atoms with Crippen LogP contribution in [0.1, 0.15) is 24.0 Å². The van der Waals surface area contributed by atoms with Gasteiger partial charge in [0.25, 0.3) is 10.0 Å². The number of anilines is 1. The van der Waals surface area contributed by atoms with E-state index >= 15 is 0 Å². The molecule has 0 bridgehead atoms. The highest BCUT2D eigenvalue weighted by atomic mass is 32.2. The molecule has 0 fully saturated rings. The van der Waals surface area contributed by atoms with Gasteiger partial charge >= 0.3 is 0 Å². The first-order valence-corrected chi connectivity index (χ1v) is 10.5. The molecule has 1 heterocycles. The van der Waals surface area contributed by atoms with Gasteiger partial charge in [-0.15, -0.1) is 5.10 Å². The Labute approximate surface area is 150 Å². The fraction of sp³-hybridized carbons (Fsp3) is 0.222. The average Bonchev–Trinajstić information content (AvgIpc) is 3.16. The highest BCUT2D eigenvalue weighted by molar-refractivity contribution is 7.92. The van der Waals surface area contributed by atoms with E-state index < -0.39 is 10.0 Å². The van der Waals surface area contributed by atoms with Gasteiger partial charge in [0.15, 0.2) is 0 Å². The van der Waals surface area contributed by atoms with Gasteiger partial charge in [0.05, 0.1) is 4.90 Å². The first-order valence-electron chi connectivity index (χ1n) is 8.14. The van der Waals surface area contributed by atoms with Crippen LogP contribution in [-0.4, -0.2) is 18.0 Å². The van der Waals surface area contributed by atoms with Crippen LogP contribution < -0.4 is 4.72 Å². The number of hydrogen-bond acceptors (Lipinski definition) is 5. The smallest absolute Gasteiger partial charge is 0.261 e. The van der Waals surface area contributed by atoms with Crippen molar-refractivity contribution in [2.24, 2.45) is 0 Å². The molecule has 1 aliphatic rings. The van der Waals surface area contributed by atoms with Crippen molar-refractivity contribution in [1.29, 1.82) is 0 Å². The van der Waals surface area contributed by atoms with Gasteiger partial charge in [-0.05, 0) is 72.6 Å². The minimum Gasteiger partial charge on any atom is -0.280 e. The summed E-state index contributed by atoms with van der Waals surface area (Å²) in [5.74, 6) is 0. The Kier molecular flexibility index (Phi) is 4.27. The molecule has 4 rings (SSSR count). The fourth-order valence-corrected chi connectivity index (χ4v) is 4.66. The van der Waals surface area contributed by atoms with Gasteiger partial charge in [-0.1, -0.05) is 22.7 Å². The Morgan fingerprint density at radius 2 is 1.72 bits per heavy atom. The molecule has 25 heavy (non-hydrogen) atoms. The Hall–Kier alpha value is -2.25. The van der Waals surface area contributed by atoms with E-state index in [2.05, 4.69) is 14.3 Å². The summed E-state index contributed by atoms with van der Waals surface area (Å²) in [6, 6.07) is 12.6. The highest BCUT2D eigenvalue weighted by Crippen LogP contribution is 2.26. The van der Waals surface area contributed by atoms with Crippen molar-refractivity contribution in [3.05, 3.63) is 59.0 Å². The van der Waals surface area contributed by atoms with Crippen LogP contribution in [0.25, 0.3) is 11.3 Å². The summed E-state index contributed by atoms with van der Waals surface area (Å²) in [5, 5.41) is 5.86. The largest absolute Gasteiger partial charge is 0.280 e. The lowest BCUT2D eigenvalue weighted by Crippen LogP contribution is -2.14. The summed E-state index contributed by atoms with van der Waals surface area (Å²) in [7, 11) is -3.59. The van der Waals surface area contributed by atoms with E-state index in [-0.39, 0.29) is 0 Å². The van der Waals surface area contributed by atoms with E-state index in [0.29, 0.717) is 10.6 Å². The molecule has 0 amide bonds. The number of aryl methyl sites for hydroxylation is 2. The number of hydrogen-bond donors (Lipinski definition) is 1. The molecule has 0 spiro atoms. The molecule has 2 aromatic carbocycles. The average molecular weight is 371 g/mol. The molecule has 5 nitrogen and oxygen atoms in total. The monoisotopic (exact) mass is 371 g/mol. The third-order valence-corrected chi connectivity index (χ3v) is 6.31. The van der Waals surface area contributed by atoms with Crippen LogP contribution in [0.3, 0.4) is 0 Å². The summed E-state index contributed by atoms with van der Waals surface area (Å²) in [5.41, 5.74) is 4.65. The lowest BCUT2D eigenvalue weighted by molar-refractivity contribution is 0.600. The van der Waals surface area contributed by atoms with Gasteiger partial charge in [-0.3, -0.25) is 4.72 Å². The lowest BCUT2D eigenvalue weighted by Gasteiger charge is -2.17. The summed E-state index contributed by atoms with van der Waals surface area (Å²) in [6.45, 7) is 0. The zero-order valence-electron chi connectivity index (χ0n) is 13.5. The van der Waals surface area contributed by atoms with Crippen LogP contribution in [-0.2, 0) is 22.9 Å². The van der Waals surface area contributed by atoms with E-state index in [1.165, 1.54) is 23.5 Å². The van der Waals surface area contributed by atoms with Gasteiger partial charge in [0.2, 0.25) is 0 Å². The first-order chi connectivity index (χ1) is 12.1. The number of fused-ring (bicyclic) bond motifs is 1. The van der Waals surface area contributed by atoms with Crippen molar-refractivity contribution in [1.82, 2.24) is 9.59 Å². The highest BCUT2D eigenvalue weighted by Gasteiger charge is 2.18. The summed E-state index contributed by atoms with van der Waals surface area (Å²) in [4.78, 5) is 0.320. The lowest BCUT2D eigenvalue weighted by atomic mass is 9.92. The second kappa shape index (κ2) is 6.57. The normalized spacial score (nSPS) is 14.1. The second-order valence-corrected chi connectivity index (χ2v) is 8.40. The van der Waals surface area contributed by atoms with Crippen LogP contribution in [0.15, 0.2) is 52.7 Å². The van der Waals surface area contributed by atoms with E-state index in [9.17, 15) is 8.42 Å². The quantitative estimate of drug-likeness (QED) is 0.755. The minimum atomic E-state index is -3.59. The molecule has 0 atom stereocenters. The van der Waals surface area contributed by atoms with Crippen LogP contribution in [0.4, 0.5) is 5.69 Å². The molecular weight excluding hydrogens is 354 g/mol. The summed E-state index contributed by atoms with van der Waals surface area (Å²) in [6.07, 6.45) is 4.29. The van der Waals surface area contributed by atoms with Gasteiger partial charge in [0.1, 0.15) is 5.69 Å². The fourth-order valence-electron chi connectivity index (χ4n) is 3.09. The van der Waals surface area contributed by atoms with Crippen molar-refractivity contribution < 1.29 is 8.42 Å². The number of rotatable bonds is 4. The van der Waals surface area contributed by atoms with Crippen molar-refractivity contribution >= 4 is 27.2 Å². The molecule has 0 aliphatic heterocycles. The number of aromatic nitrogens is 2. The third kappa shape index (κ3) is 3.43. The molecule has 128 valence electrons. The van der Waals surface area contributed by atoms with Crippen molar-refractivity contribution in [2.75, 3.05) is 4.72 Å². The number of nitrogens with zero attached hydrogens (tertiary/aromatic N) is 2. The van der Waals surface area contributed by atoms with Crippen LogP contribution >= 0.6 is 11.5 Å². The molecule has 0 radical (unpaired) electrons. The standard InChI is InChI=1S/C18H17N3O2S2/c22-25(23,17-10-7-13-3-1-2-4-15(13)11-17)20-16-8-5-14(6-9-16)18-12-24-21-19-18/h5-12,20H,1-4H2. The van der Waals surface area contributed by atoms with Crippen molar-refractivity contribution in [3.63, 3.8) is 0 Å². The van der Waals surface area contributed by atoms with E-state index in [0.717, 1.165) is 36.1 Å². The molecule has 0 saturated heterocycles. The Bertz CT molecular complexity index is 982. The topological polar surface area (TPSA) is 72.0 Å². The molecule has 0 saturated carbocycles. The molecule has 1 aromatic heterocycles.